The third kappa shape index (κ3) is 68.3. The van der Waals surface area contributed by atoms with Crippen molar-refractivity contribution in [3.63, 3.8) is 0 Å². The van der Waals surface area contributed by atoms with Gasteiger partial charge >= 0.3 is 17.9 Å². The largest absolute Gasteiger partial charge is 0.462 e. The van der Waals surface area contributed by atoms with Crippen LogP contribution in [0.2, 0.25) is 0 Å². The van der Waals surface area contributed by atoms with E-state index in [2.05, 4.69) is 57.2 Å². The Morgan fingerprint density at radius 3 is 0.691 bits per heavy atom. The molecular formula is C75H140O6. The lowest BCUT2D eigenvalue weighted by Gasteiger charge is -2.18. The summed E-state index contributed by atoms with van der Waals surface area (Å²) in [6.07, 6.45) is 88.0. The number of esters is 3. The second-order valence-electron chi connectivity index (χ2n) is 24.9. The van der Waals surface area contributed by atoms with Gasteiger partial charge in [0.25, 0.3) is 0 Å². The fourth-order valence-corrected chi connectivity index (χ4v) is 11.2. The number of rotatable bonds is 68. The van der Waals surface area contributed by atoms with Crippen LogP contribution in [0, 0.1) is 0 Å². The van der Waals surface area contributed by atoms with Gasteiger partial charge in [-0.25, -0.2) is 0 Å². The molecule has 1 atom stereocenters. The molecule has 0 aliphatic carbocycles. The van der Waals surface area contributed by atoms with Gasteiger partial charge in [0, 0.05) is 19.3 Å². The molecule has 0 aromatic carbocycles. The van der Waals surface area contributed by atoms with Crippen molar-refractivity contribution in [3.05, 3.63) is 36.5 Å². The summed E-state index contributed by atoms with van der Waals surface area (Å²) in [5, 5.41) is 0. The molecule has 0 rings (SSSR count). The number of unbranched alkanes of at least 4 members (excludes halogenated alkanes) is 51. The van der Waals surface area contributed by atoms with Gasteiger partial charge in [-0.2, -0.15) is 0 Å². The van der Waals surface area contributed by atoms with Crippen LogP contribution < -0.4 is 0 Å². The molecule has 0 saturated carbocycles. The minimum absolute atomic E-state index is 0.0663. The van der Waals surface area contributed by atoms with Crippen LogP contribution in [-0.4, -0.2) is 37.2 Å². The second kappa shape index (κ2) is 70.1. The molecule has 0 aliphatic heterocycles. The molecule has 81 heavy (non-hydrogen) atoms. The Kier molecular flexibility index (Phi) is 68.1. The molecule has 0 N–H and O–H groups in total. The summed E-state index contributed by atoms with van der Waals surface area (Å²) in [5.41, 5.74) is 0. The minimum atomic E-state index is -0.766. The highest BCUT2D eigenvalue weighted by atomic mass is 16.6. The lowest BCUT2D eigenvalue weighted by atomic mass is 10.0. The van der Waals surface area contributed by atoms with Crippen molar-refractivity contribution in [3.8, 4) is 0 Å². The van der Waals surface area contributed by atoms with Gasteiger partial charge in [-0.15, -0.1) is 0 Å². The van der Waals surface area contributed by atoms with Crippen LogP contribution in [0.1, 0.15) is 406 Å². The van der Waals surface area contributed by atoms with Crippen molar-refractivity contribution in [2.75, 3.05) is 13.2 Å². The Morgan fingerprint density at radius 2 is 0.444 bits per heavy atom. The average Bonchev–Trinajstić information content (AvgIpc) is 3.47. The summed E-state index contributed by atoms with van der Waals surface area (Å²) < 4.78 is 16.9. The number of allylic oxidation sites excluding steroid dienone is 6. The first-order valence-electron chi connectivity index (χ1n) is 36.5. The molecule has 0 aliphatic rings. The molecule has 6 heteroatoms. The predicted octanol–water partition coefficient (Wildman–Crippen LogP) is 25.1. The SMILES string of the molecule is CCCCCCC/C=C\C/C=C\C/C=C\CCCCCCCCCCCCCCCCCCC(=O)OCC(COC(=O)CCCCCCCC)OC(=O)CCCCCCCCCCCCCCCCCCCCCCCCCCCC. The van der Waals surface area contributed by atoms with Crippen LogP contribution in [0.4, 0.5) is 0 Å². The number of carbonyl (C=O) groups is 3. The van der Waals surface area contributed by atoms with E-state index in [0.29, 0.717) is 19.3 Å². The van der Waals surface area contributed by atoms with E-state index in [0.717, 1.165) is 70.6 Å². The number of hydrogen-bond donors (Lipinski definition) is 0. The Labute approximate surface area is 506 Å². The van der Waals surface area contributed by atoms with Crippen LogP contribution in [-0.2, 0) is 28.6 Å². The fraction of sp³-hybridized carbons (Fsp3) is 0.880. The van der Waals surface area contributed by atoms with Crippen LogP contribution >= 0.6 is 0 Å². The molecule has 0 saturated heterocycles. The standard InChI is InChI=1S/C75H140O6/c1-4-7-10-13-16-18-20-22-24-26-28-30-32-34-36-37-38-39-40-42-43-45-47-49-51-53-55-57-59-62-65-68-74(77)80-71-72(70-79-73(76)67-64-61-15-12-9-6-3)81-75(78)69-66-63-60-58-56-54-52-50-48-46-44-41-35-33-31-29-27-25-23-21-19-17-14-11-8-5-2/h20,22,26,28,32,34,72H,4-19,21,23-25,27,29-31,33,35-71H2,1-3H3/b22-20-,28-26-,34-32-. The molecule has 0 fully saturated rings. The molecular weight excluding hydrogens is 997 g/mol. The zero-order chi connectivity index (χ0) is 58.5. The molecule has 0 aromatic rings. The molecule has 1 unspecified atom stereocenters. The van der Waals surface area contributed by atoms with Gasteiger partial charge < -0.3 is 14.2 Å². The van der Waals surface area contributed by atoms with E-state index in [1.54, 1.807) is 0 Å². The van der Waals surface area contributed by atoms with Crippen LogP contribution in [0.3, 0.4) is 0 Å². The highest BCUT2D eigenvalue weighted by molar-refractivity contribution is 5.71. The highest BCUT2D eigenvalue weighted by Gasteiger charge is 2.19. The third-order valence-corrected chi connectivity index (χ3v) is 16.6. The number of hydrogen-bond acceptors (Lipinski definition) is 6. The van der Waals surface area contributed by atoms with Gasteiger partial charge in [0.2, 0.25) is 0 Å². The first-order valence-corrected chi connectivity index (χ1v) is 36.5. The molecule has 0 aromatic heterocycles. The Hall–Kier alpha value is -2.37. The summed E-state index contributed by atoms with van der Waals surface area (Å²) in [6, 6.07) is 0. The van der Waals surface area contributed by atoms with Crippen LogP contribution in [0.15, 0.2) is 36.5 Å². The molecule has 0 spiro atoms. The normalized spacial score (nSPS) is 12.2. The summed E-state index contributed by atoms with van der Waals surface area (Å²) in [5.74, 6) is -0.848. The van der Waals surface area contributed by atoms with E-state index in [1.165, 1.54) is 295 Å². The molecule has 0 amide bonds. The lowest BCUT2D eigenvalue weighted by molar-refractivity contribution is -0.167. The Morgan fingerprint density at radius 1 is 0.247 bits per heavy atom. The van der Waals surface area contributed by atoms with E-state index in [-0.39, 0.29) is 31.1 Å². The van der Waals surface area contributed by atoms with E-state index in [9.17, 15) is 14.4 Å². The van der Waals surface area contributed by atoms with Crippen LogP contribution in [0.25, 0.3) is 0 Å². The summed E-state index contributed by atoms with van der Waals surface area (Å²) >= 11 is 0. The second-order valence-corrected chi connectivity index (χ2v) is 24.9. The van der Waals surface area contributed by atoms with Gasteiger partial charge in [-0.3, -0.25) is 14.4 Å². The monoisotopic (exact) mass is 1140 g/mol. The summed E-state index contributed by atoms with van der Waals surface area (Å²) in [4.78, 5) is 38.1. The topological polar surface area (TPSA) is 78.9 Å². The Bertz CT molecular complexity index is 1350. The summed E-state index contributed by atoms with van der Waals surface area (Å²) in [6.45, 7) is 6.64. The zero-order valence-corrected chi connectivity index (χ0v) is 54.8. The lowest BCUT2D eigenvalue weighted by Crippen LogP contribution is -2.30. The van der Waals surface area contributed by atoms with Crippen LogP contribution in [0.5, 0.6) is 0 Å². The van der Waals surface area contributed by atoms with E-state index in [4.69, 9.17) is 14.2 Å². The van der Waals surface area contributed by atoms with Crippen molar-refractivity contribution in [1.29, 1.82) is 0 Å². The molecule has 6 nitrogen and oxygen atoms in total. The summed E-state index contributed by atoms with van der Waals surface area (Å²) in [7, 11) is 0. The Balaban J connectivity index is 3.95. The van der Waals surface area contributed by atoms with Crippen molar-refractivity contribution in [2.24, 2.45) is 0 Å². The van der Waals surface area contributed by atoms with E-state index >= 15 is 0 Å². The van der Waals surface area contributed by atoms with Gasteiger partial charge in [-0.05, 0) is 57.8 Å². The van der Waals surface area contributed by atoms with Gasteiger partial charge in [0.1, 0.15) is 13.2 Å². The number of ether oxygens (including phenoxy) is 3. The van der Waals surface area contributed by atoms with Crippen molar-refractivity contribution >= 4 is 17.9 Å². The first kappa shape index (κ1) is 78.6. The van der Waals surface area contributed by atoms with E-state index in [1.807, 2.05) is 0 Å². The number of carbonyl (C=O) groups excluding carboxylic acids is 3. The smallest absolute Gasteiger partial charge is 0.306 e. The molecule has 0 heterocycles. The highest BCUT2D eigenvalue weighted by Crippen LogP contribution is 2.19. The quantitative estimate of drug-likeness (QED) is 0.0261. The van der Waals surface area contributed by atoms with Crippen molar-refractivity contribution < 1.29 is 28.6 Å². The maximum atomic E-state index is 12.9. The molecule has 0 bridgehead atoms. The predicted molar refractivity (Wildman–Crippen MR) is 353 cm³/mol. The zero-order valence-electron chi connectivity index (χ0n) is 54.8. The van der Waals surface area contributed by atoms with Gasteiger partial charge in [0.15, 0.2) is 6.10 Å². The first-order chi connectivity index (χ1) is 40.0. The maximum absolute atomic E-state index is 12.9. The average molecular weight is 1140 g/mol. The molecule has 476 valence electrons. The fourth-order valence-electron chi connectivity index (χ4n) is 11.2. The third-order valence-electron chi connectivity index (χ3n) is 16.6. The van der Waals surface area contributed by atoms with Crippen molar-refractivity contribution in [1.82, 2.24) is 0 Å². The maximum Gasteiger partial charge on any atom is 0.306 e. The molecule has 0 radical (unpaired) electrons. The van der Waals surface area contributed by atoms with E-state index < -0.39 is 6.10 Å². The van der Waals surface area contributed by atoms with Gasteiger partial charge in [0.05, 0.1) is 0 Å². The van der Waals surface area contributed by atoms with Gasteiger partial charge in [-0.1, -0.05) is 365 Å². The minimum Gasteiger partial charge on any atom is -0.462 e. The van der Waals surface area contributed by atoms with Crippen molar-refractivity contribution in [2.45, 2.75) is 412 Å².